The van der Waals surface area contributed by atoms with Crippen LogP contribution in [0, 0.1) is 6.92 Å². The number of hydrogen-bond acceptors (Lipinski definition) is 3. The molecule has 1 aromatic carbocycles. The third kappa shape index (κ3) is 3.25. The van der Waals surface area contributed by atoms with Crippen molar-refractivity contribution in [2.45, 2.75) is 40.2 Å². The van der Waals surface area contributed by atoms with Crippen molar-refractivity contribution in [3.63, 3.8) is 0 Å². The minimum Gasteiger partial charge on any atom is -0.332 e. The topological polar surface area (TPSA) is 64.0 Å². The van der Waals surface area contributed by atoms with E-state index in [1.165, 1.54) is 0 Å². The summed E-state index contributed by atoms with van der Waals surface area (Å²) in [4.78, 5) is 30.1. The predicted octanol–water partition coefficient (Wildman–Crippen LogP) is 4.10. The molecule has 134 valence electrons. The van der Waals surface area contributed by atoms with Crippen molar-refractivity contribution in [1.29, 1.82) is 0 Å². The fourth-order valence-corrected chi connectivity index (χ4v) is 3.07. The number of amides is 1. The van der Waals surface area contributed by atoms with Crippen LogP contribution in [0.2, 0.25) is 0 Å². The molecule has 1 N–H and O–H groups in total. The molecule has 0 bridgehead atoms. The van der Waals surface area contributed by atoms with Crippen LogP contribution in [-0.2, 0) is 6.54 Å². The van der Waals surface area contributed by atoms with Crippen molar-refractivity contribution >= 4 is 22.6 Å². The summed E-state index contributed by atoms with van der Waals surface area (Å²) >= 11 is 0. The van der Waals surface area contributed by atoms with Crippen molar-refractivity contribution in [1.82, 2.24) is 9.55 Å². The maximum atomic E-state index is 12.8. The van der Waals surface area contributed by atoms with Gasteiger partial charge in [-0.15, -0.1) is 0 Å². The highest BCUT2D eigenvalue weighted by molar-refractivity contribution is 6.06. The van der Waals surface area contributed by atoms with Crippen LogP contribution < -0.4 is 10.7 Å². The average molecular weight is 349 g/mol. The normalized spacial score (nSPS) is 11.1. The molecule has 5 heteroatoms. The summed E-state index contributed by atoms with van der Waals surface area (Å²) in [6.07, 6.45) is 1.60. The number of aryl methyl sites for hydroxylation is 2. The zero-order valence-corrected chi connectivity index (χ0v) is 15.5. The largest absolute Gasteiger partial charge is 0.332 e. The summed E-state index contributed by atoms with van der Waals surface area (Å²) in [6, 6.07) is 11.2. The smallest absolute Gasteiger partial charge is 0.261 e. The van der Waals surface area contributed by atoms with Crippen LogP contribution in [0.3, 0.4) is 0 Å². The summed E-state index contributed by atoms with van der Waals surface area (Å²) in [5, 5.41) is 3.36. The highest BCUT2D eigenvalue weighted by atomic mass is 16.2. The minimum atomic E-state index is -0.396. The molecule has 0 saturated heterocycles. The van der Waals surface area contributed by atoms with Crippen LogP contribution in [0.4, 0.5) is 5.69 Å². The molecule has 3 rings (SSSR count). The van der Waals surface area contributed by atoms with Gasteiger partial charge in [0.05, 0.1) is 5.39 Å². The second-order valence-corrected chi connectivity index (χ2v) is 6.68. The third-order valence-corrected chi connectivity index (χ3v) is 4.48. The van der Waals surface area contributed by atoms with Crippen molar-refractivity contribution in [2.24, 2.45) is 0 Å². The Morgan fingerprint density at radius 2 is 1.92 bits per heavy atom. The van der Waals surface area contributed by atoms with Gasteiger partial charge in [-0.2, -0.15) is 0 Å². The molecule has 5 nitrogen and oxygen atoms in total. The Kier molecular flexibility index (Phi) is 4.89. The summed E-state index contributed by atoms with van der Waals surface area (Å²) in [5.41, 5.74) is 3.05. The first kappa shape index (κ1) is 17.9. The van der Waals surface area contributed by atoms with Crippen LogP contribution in [0.15, 0.2) is 47.4 Å². The van der Waals surface area contributed by atoms with Gasteiger partial charge < -0.3 is 9.88 Å². The van der Waals surface area contributed by atoms with Gasteiger partial charge in [0.25, 0.3) is 5.91 Å². The zero-order valence-electron chi connectivity index (χ0n) is 15.5. The number of anilines is 1. The van der Waals surface area contributed by atoms with Gasteiger partial charge in [0.2, 0.25) is 5.43 Å². The first-order chi connectivity index (χ1) is 12.4. The van der Waals surface area contributed by atoms with E-state index in [0.717, 1.165) is 16.9 Å². The average Bonchev–Trinajstić information content (AvgIpc) is 2.62. The van der Waals surface area contributed by atoms with E-state index in [2.05, 4.69) is 24.1 Å². The minimum absolute atomic E-state index is 0.128. The standard InChI is InChI=1S/C21H23N3O2/c1-5-24-12-17(19(25)16-11-10-14(4)22-20(16)24)21(26)23-18-9-7-6-8-15(18)13(2)3/h6-13H,5H2,1-4H3,(H,23,26). The van der Waals surface area contributed by atoms with Crippen molar-refractivity contribution < 1.29 is 4.79 Å². The van der Waals surface area contributed by atoms with E-state index in [0.29, 0.717) is 17.6 Å². The number of benzene rings is 1. The fraction of sp³-hybridized carbons (Fsp3) is 0.286. The van der Waals surface area contributed by atoms with Crippen molar-refractivity contribution in [3.8, 4) is 0 Å². The van der Waals surface area contributed by atoms with Crippen LogP contribution >= 0.6 is 0 Å². The zero-order chi connectivity index (χ0) is 18.8. The van der Waals surface area contributed by atoms with E-state index in [-0.39, 0.29) is 16.9 Å². The molecule has 0 atom stereocenters. The van der Waals surface area contributed by atoms with Crippen LogP contribution in [0.5, 0.6) is 0 Å². The van der Waals surface area contributed by atoms with E-state index in [1.54, 1.807) is 18.3 Å². The molecular weight excluding hydrogens is 326 g/mol. The SMILES string of the molecule is CCn1cc(C(=O)Nc2ccccc2C(C)C)c(=O)c2ccc(C)nc21. The number of nitrogens with zero attached hydrogens (tertiary/aromatic N) is 2. The van der Waals surface area contributed by atoms with E-state index in [9.17, 15) is 9.59 Å². The second kappa shape index (κ2) is 7.12. The van der Waals surface area contributed by atoms with Crippen LogP contribution in [0.1, 0.15) is 48.3 Å². The summed E-state index contributed by atoms with van der Waals surface area (Å²) in [6.45, 7) is 8.60. The third-order valence-electron chi connectivity index (χ3n) is 4.48. The number of rotatable bonds is 4. The molecular formula is C21H23N3O2. The molecule has 26 heavy (non-hydrogen) atoms. The number of aromatic nitrogens is 2. The molecule has 0 unspecified atom stereocenters. The highest BCUT2D eigenvalue weighted by Gasteiger charge is 2.17. The molecule has 0 radical (unpaired) electrons. The predicted molar refractivity (Wildman–Crippen MR) is 105 cm³/mol. The fourth-order valence-electron chi connectivity index (χ4n) is 3.07. The molecule has 0 spiro atoms. The van der Waals surface area contributed by atoms with E-state index < -0.39 is 5.91 Å². The van der Waals surface area contributed by atoms with Gasteiger partial charge in [-0.05, 0) is 43.5 Å². The lowest BCUT2D eigenvalue weighted by molar-refractivity contribution is 0.102. The lowest BCUT2D eigenvalue weighted by Crippen LogP contribution is -2.24. The summed E-state index contributed by atoms with van der Waals surface area (Å²) in [7, 11) is 0. The molecule has 1 amide bonds. The first-order valence-electron chi connectivity index (χ1n) is 8.83. The Morgan fingerprint density at radius 3 is 2.62 bits per heavy atom. The van der Waals surface area contributed by atoms with Crippen LogP contribution in [-0.4, -0.2) is 15.5 Å². The van der Waals surface area contributed by atoms with Crippen LogP contribution in [0.25, 0.3) is 11.0 Å². The van der Waals surface area contributed by atoms with Gasteiger partial charge in [-0.1, -0.05) is 32.0 Å². The molecule has 0 aliphatic carbocycles. The van der Waals surface area contributed by atoms with E-state index in [4.69, 9.17) is 0 Å². The monoisotopic (exact) mass is 349 g/mol. The molecule has 0 saturated carbocycles. The molecule has 0 fully saturated rings. The Hall–Kier alpha value is -2.95. The van der Waals surface area contributed by atoms with Gasteiger partial charge in [-0.3, -0.25) is 9.59 Å². The lowest BCUT2D eigenvalue weighted by atomic mass is 10.0. The molecule has 0 aliphatic rings. The Labute approximate surface area is 152 Å². The van der Waals surface area contributed by atoms with Gasteiger partial charge in [0, 0.05) is 24.1 Å². The van der Waals surface area contributed by atoms with Gasteiger partial charge in [0.1, 0.15) is 11.2 Å². The second-order valence-electron chi connectivity index (χ2n) is 6.68. The maximum absolute atomic E-state index is 12.8. The number of hydrogen-bond donors (Lipinski definition) is 1. The van der Waals surface area contributed by atoms with E-state index >= 15 is 0 Å². The lowest BCUT2D eigenvalue weighted by Gasteiger charge is -2.15. The molecule has 3 aromatic rings. The number of fused-ring (bicyclic) bond motifs is 1. The Morgan fingerprint density at radius 1 is 1.19 bits per heavy atom. The number of carbonyl (C=O) groups is 1. The van der Waals surface area contributed by atoms with Gasteiger partial charge in [-0.25, -0.2) is 4.98 Å². The van der Waals surface area contributed by atoms with Crippen molar-refractivity contribution in [2.75, 3.05) is 5.32 Å². The quantitative estimate of drug-likeness (QED) is 0.771. The first-order valence-corrected chi connectivity index (χ1v) is 8.83. The number of carbonyl (C=O) groups excluding carboxylic acids is 1. The summed E-state index contributed by atoms with van der Waals surface area (Å²) < 4.78 is 1.84. The van der Waals surface area contributed by atoms with E-state index in [1.807, 2.05) is 42.7 Å². The Bertz CT molecular complexity index is 1040. The number of nitrogens with one attached hydrogen (secondary N) is 1. The van der Waals surface area contributed by atoms with Crippen molar-refractivity contribution in [3.05, 3.63) is 69.6 Å². The molecule has 0 aliphatic heterocycles. The molecule has 2 aromatic heterocycles. The van der Waals surface area contributed by atoms with Gasteiger partial charge >= 0.3 is 0 Å². The highest BCUT2D eigenvalue weighted by Crippen LogP contribution is 2.24. The maximum Gasteiger partial charge on any atom is 0.261 e. The Balaban J connectivity index is 2.08. The number of pyridine rings is 2. The van der Waals surface area contributed by atoms with Gasteiger partial charge in [0.15, 0.2) is 0 Å². The summed E-state index contributed by atoms with van der Waals surface area (Å²) in [5.74, 6) is -0.129. The number of para-hydroxylation sites is 1. The molecule has 2 heterocycles.